The highest BCUT2D eigenvalue weighted by molar-refractivity contribution is 5.96. The Hall–Kier alpha value is -3.87. The maximum absolute atomic E-state index is 12.7. The van der Waals surface area contributed by atoms with Gasteiger partial charge in [-0.3, -0.25) is 4.79 Å². The summed E-state index contributed by atoms with van der Waals surface area (Å²) < 4.78 is 12.8. The van der Waals surface area contributed by atoms with Crippen LogP contribution >= 0.6 is 0 Å². The SMILES string of the molecule is Cc1ccc(-c2ccnc3c2c(C)nn3CC(=O)Nc2ccc3c(c2)OCCO3)cc1. The third-order valence-corrected chi connectivity index (χ3v) is 5.29. The summed E-state index contributed by atoms with van der Waals surface area (Å²) in [6.07, 6.45) is 1.76. The van der Waals surface area contributed by atoms with E-state index < -0.39 is 0 Å². The van der Waals surface area contributed by atoms with E-state index in [1.165, 1.54) is 5.56 Å². The van der Waals surface area contributed by atoms with Crippen LogP contribution in [0.25, 0.3) is 22.2 Å². The van der Waals surface area contributed by atoms with Crippen molar-refractivity contribution in [2.45, 2.75) is 20.4 Å². The van der Waals surface area contributed by atoms with Crippen molar-refractivity contribution in [1.82, 2.24) is 14.8 Å². The van der Waals surface area contributed by atoms with Crippen LogP contribution < -0.4 is 14.8 Å². The average Bonchev–Trinajstić information content (AvgIpc) is 3.09. The largest absolute Gasteiger partial charge is 0.486 e. The van der Waals surface area contributed by atoms with Gasteiger partial charge in [0, 0.05) is 23.3 Å². The molecular formula is C24H22N4O3. The van der Waals surface area contributed by atoms with E-state index in [9.17, 15) is 4.79 Å². The molecule has 0 saturated heterocycles. The Morgan fingerprint density at radius 3 is 2.61 bits per heavy atom. The Labute approximate surface area is 179 Å². The molecule has 0 aliphatic carbocycles. The lowest BCUT2D eigenvalue weighted by Gasteiger charge is -2.19. The van der Waals surface area contributed by atoms with Crippen LogP contribution in [0.5, 0.6) is 11.5 Å². The van der Waals surface area contributed by atoms with Crippen LogP contribution in [-0.4, -0.2) is 33.9 Å². The predicted octanol–water partition coefficient (Wildman–Crippen LogP) is 4.13. The molecular weight excluding hydrogens is 392 g/mol. The summed E-state index contributed by atoms with van der Waals surface area (Å²) in [5.41, 5.74) is 5.54. The zero-order valence-corrected chi connectivity index (χ0v) is 17.4. The van der Waals surface area contributed by atoms with Crippen molar-refractivity contribution in [3.8, 4) is 22.6 Å². The predicted molar refractivity (Wildman–Crippen MR) is 118 cm³/mol. The number of aryl methyl sites for hydroxylation is 2. The molecule has 0 unspecified atom stereocenters. The van der Waals surface area contributed by atoms with Crippen molar-refractivity contribution in [2.24, 2.45) is 0 Å². The summed E-state index contributed by atoms with van der Waals surface area (Å²) >= 11 is 0. The number of nitrogens with zero attached hydrogens (tertiary/aromatic N) is 3. The van der Waals surface area contributed by atoms with Crippen LogP contribution in [0.15, 0.2) is 54.7 Å². The van der Waals surface area contributed by atoms with E-state index in [0.717, 1.165) is 22.2 Å². The molecule has 3 heterocycles. The number of carbonyl (C=O) groups excluding carboxylic acids is 1. The summed E-state index contributed by atoms with van der Waals surface area (Å²) in [6.45, 7) is 5.09. The lowest BCUT2D eigenvalue weighted by Crippen LogP contribution is -2.20. The molecule has 7 heteroatoms. The van der Waals surface area contributed by atoms with Gasteiger partial charge in [-0.25, -0.2) is 9.67 Å². The molecule has 1 N–H and O–H groups in total. The molecule has 1 aliphatic rings. The second-order valence-electron chi connectivity index (χ2n) is 7.57. The number of ether oxygens (including phenoxy) is 2. The van der Waals surface area contributed by atoms with Crippen LogP contribution in [0, 0.1) is 13.8 Å². The molecule has 1 aliphatic heterocycles. The fourth-order valence-corrected chi connectivity index (χ4v) is 3.82. The van der Waals surface area contributed by atoms with Gasteiger partial charge in [-0.15, -0.1) is 0 Å². The molecule has 1 amide bonds. The third-order valence-electron chi connectivity index (χ3n) is 5.29. The standard InChI is InChI=1S/C24H22N4O3/c1-15-3-5-17(6-4-15)19-9-10-25-24-23(19)16(2)27-28(24)14-22(29)26-18-7-8-20-21(13-18)31-12-11-30-20/h3-10,13H,11-12,14H2,1-2H3,(H,26,29). The minimum absolute atomic E-state index is 0.0587. The molecule has 0 saturated carbocycles. The fraction of sp³-hybridized carbons (Fsp3) is 0.208. The summed E-state index contributed by atoms with van der Waals surface area (Å²) in [7, 11) is 0. The van der Waals surface area contributed by atoms with E-state index >= 15 is 0 Å². The first-order valence-electron chi connectivity index (χ1n) is 10.2. The minimum atomic E-state index is -0.191. The Morgan fingerprint density at radius 2 is 1.81 bits per heavy atom. The first-order chi connectivity index (χ1) is 15.1. The molecule has 2 aromatic heterocycles. The minimum Gasteiger partial charge on any atom is -0.486 e. The van der Waals surface area contributed by atoms with Crippen molar-refractivity contribution in [2.75, 3.05) is 18.5 Å². The Bertz CT molecular complexity index is 1280. The van der Waals surface area contributed by atoms with E-state index in [0.29, 0.717) is 36.0 Å². The van der Waals surface area contributed by atoms with Gasteiger partial charge in [-0.1, -0.05) is 29.8 Å². The number of rotatable bonds is 4. The summed E-state index contributed by atoms with van der Waals surface area (Å²) in [4.78, 5) is 17.2. The molecule has 7 nitrogen and oxygen atoms in total. The van der Waals surface area contributed by atoms with Gasteiger partial charge in [-0.05, 0) is 43.2 Å². The van der Waals surface area contributed by atoms with Gasteiger partial charge in [0.05, 0.1) is 5.69 Å². The lowest BCUT2D eigenvalue weighted by molar-refractivity contribution is -0.116. The molecule has 0 bridgehead atoms. The summed E-state index contributed by atoms with van der Waals surface area (Å²) in [5.74, 6) is 1.13. The maximum atomic E-state index is 12.7. The number of hydrogen-bond donors (Lipinski definition) is 1. The van der Waals surface area contributed by atoms with Gasteiger partial charge in [0.2, 0.25) is 5.91 Å². The highest BCUT2D eigenvalue weighted by atomic mass is 16.6. The number of anilines is 1. The molecule has 0 atom stereocenters. The molecule has 156 valence electrons. The van der Waals surface area contributed by atoms with E-state index in [-0.39, 0.29) is 12.5 Å². The van der Waals surface area contributed by atoms with Crippen LogP contribution in [0.2, 0.25) is 0 Å². The van der Waals surface area contributed by atoms with E-state index in [1.807, 2.05) is 13.0 Å². The van der Waals surface area contributed by atoms with Gasteiger partial charge < -0.3 is 14.8 Å². The number of fused-ring (bicyclic) bond motifs is 2. The third kappa shape index (κ3) is 3.70. The van der Waals surface area contributed by atoms with Crippen molar-refractivity contribution in [3.63, 3.8) is 0 Å². The summed E-state index contributed by atoms with van der Waals surface area (Å²) in [5, 5.41) is 8.45. The highest BCUT2D eigenvalue weighted by Crippen LogP contribution is 2.33. The molecule has 0 spiro atoms. The number of carbonyl (C=O) groups is 1. The Balaban J connectivity index is 1.41. The second kappa shape index (κ2) is 7.75. The molecule has 0 fully saturated rings. The fourth-order valence-electron chi connectivity index (χ4n) is 3.82. The van der Waals surface area contributed by atoms with Crippen LogP contribution in [-0.2, 0) is 11.3 Å². The first-order valence-corrected chi connectivity index (χ1v) is 10.2. The second-order valence-corrected chi connectivity index (χ2v) is 7.57. The Morgan fingerprint density at radius 1 is 1.03 bits per heavy atom. The molecule has 2 aromatic carbocycles. The Kier molecular flexibility index (Phi) is 4.78. The van der Waals surface area contributed by atoms with Crippen LogP contribution in [0.3, 0.4) is 0 Å². The molecule has 5 rings (SSSR count). The number of amides is 1. The zero-order chi connectivity index (χ0) is 21.4. The van der Waals surface area contributed by atoms with E-state index in [2.05, 4.69) is 46.6 Å². The number of aromatic nitrogens is 3. The number of pyridine rings is 1. The topological polar surface area (TPSA) is 78.3 Å². The number of nitrogens with one attached hydrogen (secondary N) is 1. The first kappa shape index (κ1) is 19.1. The smallest absolute Gasteiger partial charge is 0.246 e. The molecule has 31 heavy (non-hydrogen) atoms. The number of hydrogen-bond acceptors (Lipinski definition) is 5. The van der Waals surface area contributed by atoms with Crippen molar-refractivity contribution in [3.05, 3.63) is 66.0 Å². The number of benzene rings is 2. The molecule has 4 aromatic rings. The summed E-state index contributed by atoms with van der Waals surface area (Å²) in [6, 6.07) is 15.7. The monoisotopic (exact) mass is 414 g/mol. The van der Waals surface area contributed by atoms with Gasteiger partial charge in [0.15, 0.2) is 17.1 Å². The average molecular weight is 414 g/mol. The van der Waals surface area contributed by atoms with Gasteiger partial charge in [-0.2, -0.15) is 5.10 Å². The van der Waals surface area contributed by atoms with Crippen LogP contribution in [0.4, 0.5) is 5.69 Å². The lowest BCUT2D eigenvalue weighted by atomic mass is 10.0. The van der Waals surface area contributed by atoms with Gasteiger partial charge in [0.1, 0.15) is 19.8 Å². The van der Waals surface area contributed by atoms with E-state index in [4.69, 9.17) is 9.47 Å². The quantitative estimate of drug-likeness (QED) is 0.543. The highest BCUT2D eigenvalue weighted by Gasteiger charge is 2.17. The van der Waals surface area contributed by atoms with Gasteiger partial charge in [0.25, 0.3) is 0 Å². The van der Waals surface area contributed by atoms with Crippen molar-refractivity contribution < 1.29 is 14.3 Å². The van der Waals surface area contributed by atoms with Crippen LogP contribution in [0.1, 0.15) is 11.3 Å². The van der Waals surface area contributed by atoms with Gasteiger partial charge >= 0.3 is 0 Å². The van der Waals surface area contributed by atoms with E-state index in [1.54, 1.807) is 29.1 Å². The maximum Gasteiger partial charge on any atom is 0.246 e. The van der Waals surface area contributed by atoms with Crippen molar-refractivity contribution in [1.29, 1.82) is 0 Å². The zero-order valence-electron chi connectivity index (χ0n) is 17.4. The molecule has 0 radical (unpaired) electrons. The normalized spacial score (nSPS) is 12.7. The van der Waals surface area contributed by atoms with Crippen molar-refractivity contribution >= 4 is 22.6 Å².